The van der Waals surface area contributed by atoms with Gasteiger partial charge in [0.15, 0.2) is 28.8 Å². The second-order valence-electron chi connectivity index (χ2n) is 6.83. The van der Waals surface area contributed by atoms with Gasteiger partial charge in [-0.05, 0) is 29.8 Å². The van der Waals surface area contributed by atoms with Crippen LogP contribution in [-0.4, -0.2) is 41.6 Å². The van der Waals surface area contributed by atoms with Gasteiger partial charge in [-0.25, -0.2) is 0 Å². The highest BCUT2D eigenvalue weighted by molar-refractivity contribution is 5.96. The van der Waals surface area contributed by atoms with E-state index in [1.54, 1.807) is 12.1 Å². The first kappa shape index (κ1) is 18.9. The van der Waals surface area contributed by atoms with Crippen LogP contribution in [0.5, 0.6) is 28.7 Å². The molecule has 0 aromatic heterocycles. The maximum absolute atomic E-state index is 12.5. The van der Waals surface area contributed by atoms with Crippen molar-refractivity contribution in [2.24, 2.45) is 11.8 Å². The number of carbonyl (C=O) groups excluding carboxylic acids is 1. The lowest BCUT2D eigenvalue weighted by Crippen LogP contribution is -2.26. The molecule has 0 bridgehead atoms. The number of allylic oxidation sites excluding steroid dienone is 1. The van der Waals surface area contributed by atoms with E-state index < -0.39 is 24.2 Å². The molecule has 0 saturated carbocycles. The zero-order valence-corrected chi connectivity index (χ0v) is 15.7. The maximum atomic E-state index is 12.5. The van der Waals surface area contributed by atoms with Gasteiger partial charge < -0.3 is 34.3 Å². The molecule has 3 N–H and O–H groups in total. The van der Waals surface area contributed by atoms with E-state index in [1.165, 1.54) is 44.6 Å². The van der Waals surface area contributed by atoms with E-state index in [9.17, 15) is 20.1 Å². The molecule has 29 heavy (non-hydrogen) atoms. The first-order chi connectivity index (χ1) is 13.9. The van der Waals surface area contributed by atoms with Crippen LogP contribution in [0.25, 0.3) is 0 Å². The van der Waals surface area contributed by atoms with E-state index in [4.69, 9.17) is 18.9 Å². The summed E-state index contributed by atoms with van der Waals surface area (Å²) in [7, 11) is 2.84. The Morgan fingerprint density at radius 3 is 2.24 bits per heavy atom. The highest BCUT2D eigenvalue weighted by Crippen LogP contribution is 2.50. The predicted molar refractivity (Wildman–Crippen MR) is 100 cm³/mol. The van der Waals surface area contributed by atoms with Gasteiger partial charge in [-0.15, -0.1) is 0 Å². The molecule has 1 fully saturated rings. The number of rotatable bonds is 5. The van der Waals surface area contributed by atoms with E-state index in [0.29, 0.717) is 11.3 Å². The van der Waals surface area contributed by atoms with E-state index in [-0.39, 0.29) is 34.5 Å². The van der Waals surface area contributed by atoms with Crippen molar-refractivity contribution in [3.8, 4) is 28.7 Å². The largest absolute Gasteiger partial charge is 0.512 e. The molecular weight excluding hydrogens is 380 g/mol. The highest BCUT2D eigenvalue weighted by atomic mass is 16.7. The molecule has 2 aliphatic rings. The summed E-state index contributed by atoms with van der Waals surface area (Å²) in [6.07, 6.45) is -0.454. The number of ether oxygens (including phenoxy) is 4. The first-order valence-electron chi connectivity index (χ1n) is 8.93. The van der Waals surface area contributed by atoms with E-state index in [0.717, 1.165) is 0 Å². The van der Waals surface area contributed by atoms with Gasteiger partial charge in [-0.1, -0.05) is 6.07 Å². The Kier molecular flexibility index (Phi) is 4.71. The zero-order valence-electron chi connectivity index (χ0n) is 15.7. The summed E-state index contributed by atoms with van der Waals surface area (Å²) in [6, 6.07) is 9.11. The van der Waals surface area contributed by atoms with Crippen molar-refractivity contribution in [2.75, 3.05) is 14.2 Å². The third kappa shape index (κ3) is 3.21. The Bertz CT molecular complexity index is 983. The second kappa shape index (κ2) is 7.21. The van der Waals surface area contributed by atoms with Crippen LogP contribution in [0.15, 0.2) is 48.2 Å². The third-order valence-electron chi connectivity index (χ3n) is 5.18. The van der Waals surface area contributed by atoms with Gasteiger partial charge in [-0.2, -0.15) is 0 Å². The van der Waals surface area contributed by atoms with Crippen LogP contribution in [0.4, 0.5) is 0 Å². The SMILES string of the molecule is COc1cc(O[C@H]2O[C@@H](c3ccc(O)c(OC)c3)[C@@H]3C(=O)C=C(O)[C@H]23)ccc1O. The van der Waals surface area contributed by atoms with Gasteiger partial charge in [0, 0.05) is 12.1 Å². The maximum Gasteiger partial charge on any atom is 0.211 e. The van der Waals surface area contributed by atoms with E-state index in [2.05, 4.69) is 0 Å². The minimum atomic E-state index is -0.943. The van der Waals surface area contributed by atoms with Crippen LogP contribution in [0.1, 0.15) is 11.7 Å². The molecule has 4 atom stereocenters. The molecule has 0 spiro atoms. The lowest BCUT2D eigenvalue weighted by molar-refractivity contribution is -0.120. The molecule has 4 rings (SSSR count). The zero-order chi connectivity index (χ0) is 20.7. The summed E-state index contributed by atoms with van der Waals surface area (Å²) >= 11 is 0. The molecule has 0 radical (unpaired) electrons. The Hall–Kier alpha value is -3.39. The molecular formula is C21H20O8. The number of phenolic OH excluding ortho intramolecular Hbond substituents is 2. The van der Waals surface area contributed by atoms with Gasteiger partial charge in [0.05, 0.1) is 32.2 Å². The van der Waals surface area contributed by atoms with Crippen molar-refractivity contribution in [2.45, 2.75) is 12.4 Å². The van der Waals surface area contributed by atoms with Crippen LogP contribution >= 0.6 is 0 Å². The van der Waals surface area contributed by atoms with Gasteiger partial charge in [0.1, 0.15) is 11.5 Å². The minimum Gasteiger partial charge on any atom is -0.512 e. The van der Waals surface area contributed by atoms with Crippen molar-refractivity contribution in [3.63, 3.8) is 0 Å². The molecule has 0 amide bonds. The smallest absolute Gasteiger partial charge is 0.211 e. The lowest BCUT2D eigenvalue weighted by Gasteiger charge is -2.19. The number of fused-ring (bicyclic) bond motifs is 1. The topological polar surface area (TPSA) is 115 Å². The number of aromatic hydroxyl groups is 2. The highest BCUT2D eigenvalue weighted by Gasteiger charge is 2.55. The van der Waals surface area contributed by atoms with Crippen molar-refractivity contribution in [1.29, 1.82) is 0 Å². The number of hydrogen-bond donors (Lipinski definition) is 3. The minimum absolute atomic E-state index is 0.0338. The standard InChI is InChI=1S/C21H20O8/c1-26-16-7-10(3-5-12(16)22)20-18-14(24)9-15(25)19(18)21(29-20)28-11-4-6-13(23)17(8-11)27-2/h3-9,18-23,25H,1-2H3/t18-,19+,20+,21+/m1/s1. The molecule has 152 valence electrons. The summed E-state index contributed by atoms with van der Waals surface area (Å²) in [5.74, 6) is -0.994. The molecule has 2 aromatic carbocycles. The van der Waals surface area contributed by atoms with E-state index >= 15 is 0 Å². The molecule has 1 heterocycles. The molecule has 1 saturated heterocycles. The van der Waals surface area contributed by atoms with Gasteiger partial charge in [-0.3, -0.25) is 4.79 Å². The van der Waals surface area contributed by atoms with Gasteiger partial charge in [0.25, 0.3) is 0 Å². The molecule has 8 nitrogen and oxygen atoms in total. The quantitative estimate of drug-likeness (QED) is 0.702. The number of benzene rings is 2. The average molecular weight is 400 g/mol. The monoisotopic (exact) mass is 400 g/mol. The fourth-order valence-corrected chi connectivity index (χ4v) is 3.78. The summed E-state index contributed by atoms with van der Waals surface area (Å²) in [5.41, 5.74) is 0.612. The van der Waals surface area contributed by atoms with Crippen LogP contribution in [0, 0.1) is 11.8 Å². The van der Waals surface area contributed by atoms with Crippen molar-refractivity contribution >= 4 is 5.78 Å². The number of hydrogen-bond acceptors (Lipinski definition) is 8. The van der Waals surface area contributed by atoms with E-state index in [1.807, 2.05) is 0 Å². The second-order valence-corrected chi connectivity index (χ2v) is 6.83. The lowest BCUT2D eigenvalue weighted by atomic mass is 9.87. The Morgan fingerprint density at radius 1 is 0.897 bits per heavy atom. The third-order valence-corrected chi connectivity index (χ3v) is 5.18. The van der Waals surface area contributed by atoms with Crippen LogP contribution in [0.2, 0.25) is 0 Å². The van der Waals surface area contributed by atoms with Gasteiger partial charge in [0.2, 0.25) is 6.29 Å². The first-order valence-corrected chi connectivity index (χ1v) is 8.93. The Morgan fingerprint density at radius 2 is 1.55 bits per heavy atom. The van der Waals surface area contributed by atoms with Crippen LogP contribution in [-0.2, 0) is 9.53 Å². The van der Waals surface area contributed by atoms with Crippen molar-refractivity contribution in [3.05, 3.63) is 53.8 Å². The fraction of sp³-hybridized carbons (Fsp3) is 0.286. The number of aliphatic hydroxyl groups excluding tert-OH is 1. The summed E-state index contributed by atoms with van der Waals surface area (Å²) in [5, 5.41) is 29.9. The Labute approximate surface area is 166 Å². The predicted octanol–water partition coefficient (Wildman–Crippen LogP) is 2.85. The molecule has 1 aliphatic heterocycles. The van der Waals surface area contributed by atoms with Crippen molar-refractivity contribution in [1.82, 2.24) is 0 Å². The average Bonchev–Trinajstić information content (AvgIpc) is 3.22. The number of aliphatic hydroxyl groups is 1. The number of ketones is 1. The number of phenols is 2. The summed E-state index contributed by atoms with van der Waals surface area (Å²) < 4.78 is 22.1. The van der Waals surface area contributed by atoms with Gasteiger partial charge >= 0.3 is 0 Å². The van der Waals surface area contributed by atoms with Crippen LogP contribution < -0.4 is 14.2 Å². The number of carbonyl (C=O) groups is 1. The molecule has 2 aromatic rings. The normalized spacial score (nSPS) is 25.4. The molecule has 8 heteroatoms. The summed E-state index contributed by atoms with van der Waals surface area (Å²) in [6.45, 7) is 0. The molecule has 1 aliphatic carbocycles. The summed E-state index contributed by atoms with van der Waals surface area (Å²) in [4.78, 5) is 12.5. The fourth-order valence-electron chi connectivity index (χ4n) is 3.78. The Balaban J connectivity index is 1.66. The van der Waals surface area contributed by atoms with Crippen LogP contribution in [0.3, 0.4) is 0 Å². The molecule has 0 unspecified atom stereocenters. The number of methoxy groups -OCH3 is 2. The van der Waals surface area contributed by atoms with Crippen molar-refractivity contribution < 1.29 is 39.1 Å².